The van der Waals surface area contributed by atoms with Crippen molar-refractivity contribution in [3.05, 3.63) is 18.3 Å². The van der Waals surface area contributed by atoms with Crippen LogP contribution in [-0.2, 0) is 4.79 Å². The Morgan fingerprint density at radius 2 is 2.41 bits per heavy atom. The summed E-state index contributed by atoms with van der Waals surface area (Å²) in [6.45, 7) is 2.70. The lowest BCUT2D eigenvalue weighted by Crippen LogP contribution is -2.32. The Kier molecular flexibility index (Phi) is 3.17. The molecular weight excluding hydrogens is 220 g/mol. The van der Waals surface area contributed by atoms with Crippen molar-refractivity contribution in [2.75, 3.05) is 18.6 Å². The maximum atomic E-state index is 11.0. The predicted octanol–water partition coefficient (Wildman–Crippen LogP) is 1.39. The summed E-state index contributed by atoms with van der Waals surface area (Å²) in [5.74, 6) is -0.469. The van der Waals surface area contributed by atoms with Gasteiger partial charge in [0.05, 0.1) is 13.0 Å². The van der Waals surface area contributed by atoms with Gasteiger partial charge in [-0.15, -0.1) is 0 Å². The second-order valence-electron chi connectivity index (χ2n) is 4.22. The number of hydrogen-bond acceptors (Lipinski definition) is 4. The molecule has 1 N–H and O–H groups in total. The van der Waals surface area contributed by atoms with Crippen LogP contribution in [0.25, 0.3) is 0 Å². The highest BCUT2D eigenvalue weighted by Gasteiger charge is 2.35. The first kappa shape index (κ1) is 11.7. The lowest BCUT2D eigenvalue weighted by Gasteiger charge is -2.25. The Balaban J connectivity index is 2.20. The van der Waals surface area contributed by atoms with Crippen LogP contribution in [0.3, 0.4) is 0 Å². The molecule has 1 aromatic rings. The predicted molar refractivity (Wildman–Crippen MR) is 63.3 cm³/mol. The Bertz CT molecular complexity index is 422. The van der Waals surface area contributed by atoms with Crippen molar-refractivity contribution in [1.29, 1.82) is 0 Å². The second-order valence-corrected chi connectivity index (χ2v) is 4.22. The van der Waals surface area contributed by atoms with E-state index in [2.05, 4.69) is 9.88 Å². The number of carboxylic acid groups (broad SMARTS) is 1. The number of carbonyl (C=O) groups is 1. The Morgan fingerprint density at radius 3 is 3.00 bits per heavy atom. The molecule has 2 unspecified atom stereocenters. The summed E-state index contributed by atoms with van der Waals surface area (Å²) < 4.78 is 5.07. The standard InChI is InChI=1S/C12H16N2O3/c1-8-10(12(15)16)4-6-14(8)9-3-5-13-11(7-9)17-2/h3,5,7-8,10H,4,6H2,1-2H3,(H,15,16). The van der Waals surface area contributed by atoms with Gasteiger partial charge in [0.2, 0.25) is 5.88 Å². The smallest absolute Gasteiger partial charge is 0.308 e. The van der Waals surface area contributed by atoms with E-state index < -0.39 is 5.97 Å². The molecule has 0 bridgehead atoms. The molecule has 2 heterocycles. The molecule has 5 heteroatoms. The van der Waals surface area contributed by atoms with Gasteiger partial charge in [0.25, 0.3) is 0 Å². The van der Waals surface area contributed by atoms with Gasteiger partial charge in [-0.25, -0.2) is 4.98 Å². The largest absolute Gasteiger partial charge is 0.481 e. The van der Waals surface area contributed by atoms with Crippen LogP contribution in [-0.4, -0.2) is 35.8 Å². The van der Waals surface area contributed by atoms with E-state index in [9.17, 15) is 4.79 Å². The molecule has 5 nitrogen and oxygen atoms in total. The molecule has 0 amide bonds. The van der Waals surface area contributed by atoms with Crippen LogP contribution in [0.5, 0.6) is 5.88 Å². The summed E-state index contributed by atoms with van der Waals surface area (Å²) in [7, 11) is 1.57. The monoisotopic (exact) mass is 236 g/mol. The molecule has 1 aliphatic rings. The van der Waals surface area contributed by atoms with Gasteiger partial charge in [0, 0.05) is 30.5 Å². The topological polar surface area (TPSA) is 62.7 Å². The molecule has 92 valence electrons. The van der Waals surface area contributed by atoms with Crippen molar-refractivity contribution in [3.8, 4) is 5.88 Å². The van der Waals surface area contributed by atoms with Gasteiger partial charge in [-0.3, -0.25) is 4.79 Å². The van der Waals surface area contributed by atoms with Crippen molar-refractivity contribution in [1.82, 2.24) is 4.98 Å². The van der Waals surface area contributed by atoms with Gasteiger partial charge in [0.15, 0.2) is 0 Å². The third kappa shape index (κ3) is 2.18. The van der Waals surface area contributed by atoms with Gasteiger partial charge in [0.1, 0.15) is 0 Å². The zero-order valence-corrected chi connectivity index (χ0v) is 9.96. The normalized spacial score (nSPS) is 23.8. The van der Waals surface area contributed by atoms with Crippen LogP contribution < -0.4 is 9.64 Å². The average Bonchev–Trinajstić information content (AvgIpc) is 2.71. The Labute approximate surface area is 100 Å². The van der Waals surface area contributed by atoms with E-state index in [0.29, 0.717) is 12.3 Å². The summed E-state index contributed by atoms with van der Waals surface area (Å²) >= 11 is 0. The maximum Gasteiger partial charge on any atom is 0.308 e. The summed E-state index contributed by atoms with van der Waals surface area (Å²) in [4.78, 5) is 17.2. The number of rotatable bonds is 3. The van der Waals surface area contributed by atoms with Crippen LogP contribution >= 0.6 is 0 Å². The minimum atomic E-state index is -0.721. The Hall–Kier alpha value is -1.78. The average molecular weight is 236 g/mol. The van der Waals surface area contributed by atoms with Gasteiger partial charge in [-0.05, 0) is 19.4 Å². The summed E-state index contributed by atoms with van der Waals surface area (Å²) in [5.41, 5.74) is 0.966. The highest BCUT2D eigenvalue weighted by Crippen LogP contribution is 2.30. The molecule has 2 rings (SSSR count). The zero-order chi connectivity index (χ0) is 12.4. The first-order valence-corrected chi connectivity index (χ1v) is 5.63. The van der Waals surface area contributed by atoms with Crippen molar-refractivity contribution in [2.45, 2.75) is 19.4 Å². The molecule has 0 saturated carbocycles. The summed E-state index contributed by atoms with van der Waals surface area (Å²) in [5, 5.41) is 9.09. The number of aromatic nitrogens is 1. The van der Waals surface area contributed by atoms with Crippen molar-refractivity contribution in [2.24, 2.45) is 5.92 Å². The van der Waals surface area contributed by atoms with Crippen LogP contribution in [0.2, 0.25) is 0 Å². The van der Waals surface area contributed by atoms with Crippen molar-refractivity contribution in [3.63, 3.8) is 0 Å². The van der Waals surface area contributed by atoms with Crippen LogP contribution in [0.1, 0.15) is 13.3 Å². The molecule has 1 aliphatic heterocycles. The quantitative estimate of drug-likeness (QED) is 0.859. The molecular formula is C12H16N2O3. The molecule has 2 atom stereocenters. The van der Waals surface area contributed by atoms with E-state index in [1.165, 1.54) is 0 Å². The number of hydrogen-bond donors (Lipinski definition) is 1. The van der Waals surface area contributed by atoms with Gasteiger partial charge < -0.3 is 14.7 Å². The molecule has 0 spiro atoms. The van der Waals surface area contributed by atoms with Crippen LogP contribution in [0, 0.1) is 5.92 Å². The molecule has 0 radical (unpaired) electrons. The van der Waals surface area contributed by atoms with Gasteiger partial charge in [-0.1, -0.05) is 0 Å². The third-order valence-corrected chi connectivity index (χ3v) is 3.33. The lowest BCUT2D eigenvalue weighted by atomic mass is 10.0. The number of methoxy groups -OCH3 is 1. The first-order valence-electron chi connectivity index (χ1n) is 5.63. The van der Waals surface area contributed by atoms with Crippen LogP contribution in [0.15, 0.2) is 18.3 Å². The highest BCUT2D eigenvalue weighted by atomic mass is 16.5. The summed E-state index contributed by atoms with van der Waals surface area (Å²) in [6, 6.07) is 3.71. The molecule has 1 saturated heterocycles. The molecule has 17 heavy (non-hydrogen) atoms. The van der Waals surface area contributed by atoms with Gasteiger partial charge in [-0.2, -0.15) is 0 Å². The van der Waals surface area contributed by atoms with E-state index in [-0.39, 0.29) is 12.0 Å². The number of ether oxygens (including phenoxy) is 1. The van der Waals surface area contributed by atoms with E-state index in [1.807, 2.05) is 19.1 Å². The first-order chi connectivity index (χ1) is 8.13. The minimum absolute atomic E-state index is 0.000365. The van der Waals surface area contributed by atoms with Gasteiger partial charge >= 0.3 is 5.97 Å². The van der Waals surface area contributed by atoms with E-state index in [1.54, 1.807) is 13.3 Å². The molecule has 0 aromatic carbocycles. The highest BCUT2D eigenvalue weighted by molar-refractivity contribution is 5.73. The number of aliphatic carboxylic acids is 1. The fourth-order valence-corrected chi connectivity index (χ4v) is 2.32. The maximum absolute atomic E-state index is 11.0. The van der Waals surface area contributed by atoms with E-state index >= 15 is 0 Å². The number of carboxylic acids is 1. The lowest BCUT2D eigenvalue weighted by molar-refractivity contribution is -0.141. The Morgan fingerprint density at radius 1 is 1.65 bits per heavy atom. The fraction of sp³-hybridized carbons (Fsp3) is 0.500. The zero-order valence-electron chi connectivity index (χ0n) is 9.96. The minimum Gasteiger partial charge on any atom is -0.481 e. The number of nitrogens with zero attached hydrogens (tertiary/aromatic N) is 2. The van der Waals surface area contributed by atoms with Crippen LogP contribution in [0.4, 0.5) is 5.69 Å². The fourth-order valence-electron chi connectivity index (χ4n) is 2.32. The molecule has 1 aromatic heterocycles. The second kappa shape index (κ2) is 4.61. The SMILES string of the molecule is COc1cc(N2CCC(C(=O)O)C2C)ccn1. The van der Waals surface area contributed by atoms with Crippen molar-refractivity contribution < 1.29 is 14.6 Å². The molecule has 1 fully saturated rings. The van der Waals surface area contributed by atoms with Crippen molar-refractivity contribution >= 4 is 11.7 Å². The van der Waals surface area contributed by atoms with E-state index in [0.717, 1.165) is 12.2 Å². The number of pyridine rings is 1. The van der Waals surface area contributed by atoms with E-state index in [4.69, 9.17) is 9.84 Å². The molecule has 0 aliphatic carbocycles. The number of anilines is 1. The summed E-state index contributed by atoms with van der Waals surface area (Å²) in [6.07, 6.45) is 2.36. The third-order valence-electron chi connectivity index (χ3n) is 3.33.